The zero-order valence-corrected chi connectivity index (χ0v) is 18.7. The van der Waals surface area contributed by atoms with Crippen molar-refractivity contribution in [3.8, 4) is 0 Å². The van der Waals surface area contributed by atoms with Crippen molar-refractivity contribution >= 4 is 14.3 Å². The van der Waals surface area contributed by atoms with E-state index < -0.39 is 13.9 Å². The van der Waals surface area contributed by atoms with Crippen molar-refractivity contribution in [1.29, 1.82) is 0 Å². The molecule has 0 saturated heterocycles. The van der Waals surface area contributed by atoms with E-state index in [0.717, 1.165) is 5.56 Å². The van der Waals surface area contributed by atoms with Crippen LogP contribution in [0.1, 0.15) is 53.5 Å². The molecule has 0 aromatic heterocycles. The van der Waals surface area contributed by atoms with Gasteiger partial charge in [0, 0.05) is 0 Å². The van der Waals surface area contributed by atoms with Crippen LogP contribution in [0.4, 0.5) is 0 Å². The largest absolute Gasteiger partial charge is 0.460 e. The van der Waals surface area contributed by atoms with Gasteiger partial charge in [0.15, 0.2) is 8.32 Å². The fourth-order valence-electron chi connectivity index (χ4n) is 2.18. The average molecular weight is 381 g/mol. The third kappa shape index (κ3) is 8.47. The van der Waals surface area contributed by atoms with E-state index in [2.05, 4.69) is 33.9 Å². The zero-order chi connectivity index (χ0) is 20.0. The predicted molar refractivity (Wildman–Crippen MR) is 109 cm³/mol. The fraction of sp³-hybridized carbons (Fsp3) is 0.667. The van der Waals surface area contributed by atoms with Gasteiger partial charge in [0.25, 0.3) is 0 Å². The molecule has 0 fully saturated rings. The summed E-state index contributed by atoms with van der Waals surface area (Å²) in [5.41, 5.74) is 0.611. The first-order valence-electron chi connectivity index (χ1n) is 9.31. The summed E-state index contributed by atoms with van der Waals surface area (Å²) in [7, 11) is -2.01. The standard InChI is InChI=1S/C21H36O4Si/c1-20(2,3)24-19(22)14-18(25-26(7,8)21(4,5)6)16-23-15-17-12-10-9-11-13-17/h9-13,18H,14-16H2,1-8H3. The van der Waals surface area contributed by atoms with Crippen LogP contribution in [-0.4, -0.2) is 32.6 Å². The minimum Gasteiger partial charge on any atom is -0.460 e. The lowest BCUT2D eigenvalue weighted by molar-refractivity contribution is -0.157. The van der Waals surface area contributed by atoms with Crippen LogP contribution in [0.2, 0.25) is 18.1 Å². The maximum absolute atomic E-state index is 12.3. The lowest BCUT2D eigenvalue weighted by Gasteiger charge is -2.39. The molecule has 0 N–H and O–H groups in total. The van der Waals surface area contributed by atoms with Gasteiger partial charge in [-0.3, -0.25) is 4.79 Å². The Morgan fingerprint density at radius 1 is 1.04 bits per heavy atom. The Morgan fingerprint density at radius 2 is 1.62 bits per heavy atom. The Labute approximate surface area is 160 Å². The topological polar surface area (TPSA) is 44.8 Å². The Hall–Kier alpha value is -1.17. The molecule has 148 valence electrons. The van der Waals surface area contributed by atoms with Crippen molar-refractivity contribution in [3.63, 3.8) is 0 Å². The summed E-state index contributed by atoms with van der Waals surface area (Å²) in [6, 6.07) is 10.0. The van der Waals surface area contributed by atoms with Gasteiger partial charge >= 0.3 is 5.97 Å². The summed E-state index contributed by atoms with van der Waals surface area (Å²) < 4.78 is 17.8. The maximum atomic E-state index is 12.3. The molecular formula is C21H36O4Si. The lowest BCUT2D eigenvalue weighted by Crippen LogP contribution is -2.46. The number of ether oxygens (including phenoxy) is 2. The number of benzene rings is 1. The van der Waals surface area contributed by atoms with Crippen LogP contribution in [0.5, 0.6) is 0 Å². The summed E-state index contributed by atoms with van der Waals surface area (Å²) in [6.45, 7) is 17.4. The van der Waals surface area contributed by atoms with Gasteiger partial charge in [0.1, 0.15) is 5.60 Å². The van der Waals surface area contributed by atoms with E-state index in [-0.39, 0.29) is 23.5 Å². The third-order valence-electron chi connectivity index (χ3n) is 4.50. The number of carbonyl (C=O) groups excluding carboxylic acids is 1. The maximum Gasteiger partial charge on any atom is 0.308 e. The van der Waals surface area contributed by atoms with Crippen LogP contribution in [0.15, 0.2) is 30.3 Å². The molecule has 0 heterocycles. The molecule has 0 saturated carbocycles. The van der Waals surface area contributed by atoms with Gasteiger partial charge in [-0.05, 0) is 44.5 Å². The summed E-state index contributed by atoms with van der Waals surface area (Å²) >= 11 is 0. The highest BCUT2D eigenvalue weighted by atomic mass is 28.4. The molecule has 0 amide bonds. The Kier molecular flexibility index (Phi) is 8.05. The summed E-state index contributed by atoms with van der Waals surface area (Å²) in [6.07, 6.45) is -0.0899. The zero-order valence-electron chi connectivity index (χ0n) is 17.7. The number of rotatable bonds is 8. The summed E-state index contributed by atoms with van der Waals surface area (Å²) in [5.74, 6) is -0.246. The van der Waals surface area contributed by atoms with Crippen molar-refractivity contribution in [2.75, 3.05) is 6.61 Å². The minimum atomic E-state index is -2.01. The van der Waals surface area contributed by atoms with E-state index in [1.165, 1.54) is 0 Å². The quantitative estimate of drug-likeness (QED) is 0.452. The third-order valence-corrected chi connectivity index (χ3v) is 9.03. The first kappa shape index (κ1) is 22.9. The van der Waals surface area contributed by atoms with E-state index in [9.17, 15) is 4.79 Å². The SMILES string of the molecule is CC(C)(C)OC(=O)CC(COCc1ccccc1)O[Si](C)(C)C(C)(C)C. The molecule has 0 aliphatic carbocycles. The van der Waals surface area contributed by atoms with Crippen molar-refractivity contribution < 1.29 is 18.7 Å². The van der Waals surface area contributed by atoms with Gasteiger partial charge in [0.2, 0.25) is 0 Å². The van der Waals surface area contributed by atoms with Gasteiger partial charge in [0.05, 0.1) is 25.7 Å². The first-order chi connectivity index (χ1) is 11.8. The van der Waals surface area contributed by atoms with Crippen molar-refractivity contribution in [2.24, 2.45) is 0 Å². The van der Waals surface area contributed by atoms with E-state index in [1.807, 2.05) is 51.1 Å². The molecule has 0 bridgehead atoms. The van der Waals surface area contributed by atoms with Crippen LogP contribution in [0, 0.1) is 0 Å². The van der Waals surface area contributed by atoms with Crippen LogP contribution in [-0.2, 0) is 25.3 Å². The average Bonchev–Trinajstić information content (AvgIpc) is 2.44. The van der Waals surface area contributed by atoms with Gasteiger partial charge in [-0.25, -0.2) is 0 Å². The predicted octanol–water partition coefficient (Wildman–Crippen LogP) is 5.33. The second-order valence-electron chi connectivity index (χ2n) is 9.29. The highest BCUT2D eigenvalue weighted by Crippen LogP contribution is 2.37. The molecule has 1 atom stereocenters. The molecule has 0 aliphatic rings. The molecule has 26 heavy (non-hydrogen) atoms. The highest BCUT2D eigenvalue weighted by molar-refractivity contribution is 6.74. The van der Waals surface area contributed by atoms with Crippen LogP contribution >= 0.6 is 0 Å². The Bertz CT molecular complexity index is 556. The molecule has 0 aliphatic heterocycles. The number of hydrogen-bond donors (Lipinski definition) is 0. The van der Waals surface area contributed by atoms with Gasteiger partial charge in [-0.15, -0.1) is 0 Å². The fourth-order valence-corrected chi connectivity index (χ4v) is 3.52. The molecule has 5 heteroatoms. The van der Waals surface area contributed by atoms with E-state index >= 15 is 0 Å². The van der Waals surface area contributed by atoms with Gasteiger partial charge < -0.3 is 13.9 Å². The monoisotopic (exact) mass is 380 g/mol. The molecule has 0 spiro atoms. The van der Waals surface area contributed by atoms with E-state index in [4.69, 9.17) is 13.9 Å². The number of carbonyl (C=O) groups is 1. The lowest BCUT2D eigenvalue weighted by atomic mass is 10.2. The molecule has 1 rings (SSSR count). The van der Waals surface area contributed by atoms with Crippen LogP contribution in [0.25, 0.3) is 0 Å². The first-order valence-corrected chi connectivity index (χ1v) is 12.2. The minimum absolute atomic E-state index is 0.0681. The van der Waals surface area contributed by atoms with Gasteiger partial charge in [-0.2, -0.15) is 0 Å². The Balaban J connectivity index is 2.72. The molecule has 1 aromatic rings. The van der Waals surface area contributed by atoms with E-state index in [0.29, 0.717) is 13.2 Å². The second-order valence-corrected chi connectivity index (χ2v) is 14.0. The van der Waals surface area contributed by atoms with Crippen LogP contribution < -0.4 is 0 Å². The molecule has 1 aromatic carbocycles. The number of hydrogen-bond acceptors (Lipinski definition) is 4. The molecule has 1 unspecified atom stereocenters. The molecule has 4 nitrogen and oxygen atoms in total. The smallest absolute Gasteiger partial charge is 0.308 e. The van der Waals surface area contributed by atoms with E-state index in [1.54, 1.807) is 0 Å². The summed E-state index contributed by atoms with van der Waals surface area (Å²) in [5, 5.41) is 0.0681. The van der Waals surface area contributed by atoms with Crippen molar-refractivity contribution in [2.45, 2.75) is 84.4 Å². The molecular weight excluding hydrogens is 344 g/mol. The normalized spacial score (nSPS) is 14.2. The summed E-state index contributed by atoms with van der Waals surface area (Å²) in [4.78, 5) is 12.3. The Morgan fingerprint density at radius 3 is 2.12 bits per heavy atom. The van der Waals surface area contributed by atoms with Crippen LogP contribution in [0.3, 0.4) is 0 Å². The van der Waals surface area contributed by atoms with Gasteiger partial charge in [-0.1, -0.05) is 51.1 Å². The highest BCUT2D eigenvalue weighted by Gasteiger charge is 2.39. The van der Waals surface area contributed by atoms with Crippen molar-refractivity contribution in [1.82, 2.24) is 0 Å². The number of esters is 1. The second kappa shape index (κ2) is 9.15. The molecule has 0 radical (unpaired) electrons. The van der Waals surface area contributed by atoms with Crippen molar-refractivity contribution in [3.05, 3.63) is 35.9 Å².